The zero-order valence-corrected chi connectivity index (χ0v) is 17.8. The monoisotopic (exact) mass is 417 g/mol. The van der Waals surface area contributed by atoms with E-state index in [0.717, 1.165) is 22.9 Å². The molecule has 30 heavy (non-hydrogen) atoms. The Balaban J connectivity index is 1.62. The summed E-state index contributed by atoms with van der Waals surface area (Å²) in [7, 11) is 0. The Hall–Kier alpha value is -3.12. The fourth-order valence-corrected chi connectivity index (χ4v) is 4.37. The van der Waals surface area contributed by atoms with Gasteiger partial charge in [0.25, 0.3) is 5.56 Å². The molecule has 3 aromatic carbocycles. The third-order valence-electron chi connectivity index (χ3n) is 4.97. The fraction of sp³-hybridized carbons (Fsp3) is 0.208. The van der Waals surface area contributed by atoms with Crippen molar-refractivity contribution >= 4 is 45.0 Å². The number of aromatic nitrogens is 2. The molecule has 1 amide bonds. The van der Waals surface area contributed by atoms with Crippen LogP contribution in [0.15, 0.2) is 76.7 Å². The van der Waals surface area contributed by atoms with E-state index in [1.165, 1.54) is 11.8 Å². The molecule has 4 rings (SSSR count). The van der Waals surface area contributed by atoms with Crippen LogP contribution in [0.3, 0.4) is 0 Å². The largest absolute Gasteiger partial charge is 0.325 e. The number of carbonyl (C=O) groups is 1. The second-order valence-electron chi connectivity index (χ2n) is 7.14. The van der Waals surface area contributed by atoms with E-state index in [9.17, 15) is 9.59 Å². The van der Waals surface area contributed by atoms with Crippen molar-refractivity contribution in [2.75, 3.05) is 5.32 Å². The van der Waals surface area contributed by atoms with Gasteiger partial charge in [0, 0.05) is 17.6 Å². The van der Waals surface area contributed by atoms with Crippen molar-refractivity contribution in [3.63, 3.8) is 0 Å². The molecule has 4 aromatic rings. The van der Waals surface area contributed by atoms with Crippen molar-refractivity contribution in [2.45, 2.75) is 37.2 Å². The van der Waals surface area contributed by atoms with Gasteiger partial charge in [-0.2, -0.15) is 0 Å². The first-order valence-electron chi connectivity index (χ1n) is 10.0. The SMILES string of the molecule is CCCn1c(S[C@@H](C)C(=O)Nc2cccc3ccccc23)nc2ccccc2c1=O. The summed E-state index contributed by atoms with van der Waals surface area (Å²) in [6.07, 6.45) is 0.810. The molecule has 5 nitrogen and oxygen atoms in total. The minimum absolute atomic E-state index is 0.0633. The summed E-state index contributed by atoms with van der Waals surface area (Å²) < 4.78 is 1.68. The molecule has 6 heteroatoms. The van der Waals surface area contributed by atoms with Crippen molar-refractivity contribution < 1.29 is 4.79 Å². The Labute approximate surface area is 179 Å². The second kappa shape index (κ2) is 8.71. The topological polar surface area (TPSA) is 64.0 Å². The Bertz CT molecular complexity index is 1280. The lowest BCUT2D eigenvalue weighted by Gasteiger charge is -2.16. The first-order chi connectivity index (χ1) is 14.6. The van der Waals surface area contributed by atoms with Gasteiger partial charge in [0.05, 0.1) is 16.2 Å². The van der Waals surface area contributed by atoms with Gasteiger partial charge in [-0.1, -0.05) is 67.2 Å². The number of rotatable bonds is 6. The van der Waals surface area contributed by atoms with Crippen LogP contribution in [0.4, 0.5) is 5.69 Å². The summed E-state index contributed by atoms with van der Waals surface area (Å²) in [6.45, 7) is 4.42. The molecule has 1 atom stereocenters. The van der Waals surface area contributed by atoms with Crippen LogP contribution in [0.1, 0.15) is 20.3 Å². The molecule has 0 spiro atoms. The number of thioether (sulfide) groups is 1. The third kappa shape index (κ3) is 3.96. The lowest BCUT2D eigenvalue weighted by Crippen LogP contribution is -2.27. The van der Waals surface area contributed by atoms with E-state index in [0.29, 0.717) is 22.6 Å². The van der Waals surface area contributed by atoms with Gasteiger partial charge in [-0.15, -0.1) is 0 Å². The molecular formula is C24H23N3O2S. The van der Waals surface area contributed by atoms with Crippen molar-refractivity contribution in [1.29, 1.82) is 0 Å². The standard InChI is InChI=1S/C24H23N3O2S/c1-3-15-27-23(29)19-12-6-7-13-21(19)26-24(27)30-16(2)22(28)25-20-14-8-10-17-9-4-5-11-18(17)20/h4-14,16H,3,15H2,1-2H3,(H,25,28)/t16-/m0/s1. The number of nitrogens with one attached hydrogen (secondary N) is 1. The maximum atomic E-state index is 12.9. The van der Waals surface area contributed by atoms with Crippen molar-refractivity contribution in [3.8, 4) is 0 Å². The molecule has 0 unspecified atom stereocenters. The molecule has 0 radical (unpaired) electrons. The average molecular weight is 418 g/mol. The highest BCUT2D eigenvalue weighted by atomic mass is 32.2. The molecule has 0 fully saturated rings. The summed E-state index contributed by atoms with van der Waals surface area (Å²) >= 11 is 1.31. The Morgan fingerprint density at radius 1 is 1.03 bits per heavy atom. The van der Waals surface area contributed by atoms with Gasteiger partial charge in [-0.25, -0.2) is 4.98 Å². The summed E-state index contributed by atoms with van der Waals surface area (Å²) in [6, 6.07) is 21.1. The van der Waals surface area contributed by atoms with Crippen LogP contribution in [0.2, 0.25) is 0 Å². The predicted octanol–water partition coefficient (Wildman–Crippen LogP) is 5.08. The molecule has 0 aliphatic rings. The Kier molecular flexibility index (Phi) is 5.86. The molecule has 0 aliphatic carbocycles. The normalized spacial score (nSPS) is 12.2. The fourth-order valence-electron chi connectivity index (χ4n) is 3.44. The van der Waals surface area contributed by atoms with Crippen LogP contribution >= 0.6 is 11.8 Å². The van der Waals surface area contributed by atoms with Crippen LogP contribution in [0.5, 0.6) is 0 Å². The number of amides is 1. The van der Waals surface area contributed by atoms with E-state index in [2.05, 4.69) is 10.3 Å². The van der Waals surface area contributed by atoms with Crippen LogP contribution in [-0.2, 0) is 11.3 Å². The highest BCUT2D eigenvalue weighted by molar-refractivity contribution is 8.00. The predicted molar refractivity (Wildman–Crippen MR) is 124 cm³/mol. The summed E-state index contributed by atoms with van der Waals surface area (Å²) in [5.41, 5.74) is 1.37. The van der Waals surface area contributed by atoms with Gasteiger partial charge in [-0.05, 0) is 36.9 Å². The van der Waals surface area contributed by atoms with E-state index in [4.69, 9.17) is 0 Å². The van der Waals surface area contributed by atoms with Crippen LogP contribution in [0, 0.1) is 0 Å². The summed E-state index contributed by atoms with van der Waals surface area (Å²) in [5, 5.41) is 5.86. The molecule has 1 heterocycles. The summed E-state index contributed by atoms with van der Waals surface area (Å²) in [4.78, 5) is 30.5. The highest BCUT2D eigenvalue weighted by Gasteiger charge is 2.20. The molecule has 1 aromatic heterocycles. The van der Waals surface area contributed by atoms with Crippen molar-refractivity contribution in [2.24, 2.45) is 0 Å². The maximum Gasteiger partial charge on any atom is 0.262 e. The Morgan fingerprint density at radius 3 is 2.53 bits per heavy atom. The van der Waals surface area contributed by atoms with Gasteiger partial charge in [0.2, 0.25) is 5.91 Å². The van der Waals surface area contributed by atoms with E-state index < -0.39 is 5.25 Å². The molecule has 1 N–H and O–H groups in total. The molecule has 0 saturated carbocycles. The lowest BCUT2D eigenvalue weighted by molar-refractivity contribution is -0.115. The van der Waals surface area contributed by atoms with E-state index in [-0.39, 0.29) is 11.5 Å². The zero-order chi connectivity index (χ0) is 21.1. The minimum atomic E-state index is -0.417. The van der Waals surface area contributed by atoms with Gasteiger partial charge < -0.3 is 5.32 Å². The third-order valence-corrected chi connectivity index (χ3v) is 6.06. The molecule has 152 valence electrons. The number of carbonyl (C=O) groups excluding carboxylic acids is 1. The van der Waals surface area contributed by atoms with Crippen molar-refractivity contribution in [3.05, 3.63) is 77.1 Å². The first-order valence-corrected chi connectivity index (χ1v) is 10.9. The number of fused-ring (bicyclic) bond motifs is 2. The lowest BCUT2D eigenvalue weighted by atomic mass is 10.1. The quantitative estimate of drug-likeness (QED) is 0.351. The van der Waals surface area contributed by atoms with Gasteiger partial charge in [-0.3, -0.25) is 14.2 Å². The van der Waals surface area contributed by atoms with Crippen LogP contribution < -0.4 is 10.9 Å². The molecule has 0 aliphatic heterocycles. The number of nitrogens with zero attached hydrogens (tertiary/aromatic N) is 2. The first kappa shape index (κ1) is 20.2. The number of anilines is 1. The molecule has 0 bridgehead atoms. The van der Waals surface area contributed by atoms with Crippen molar-refractivity contribution in [1.82, 2.24) is 9.55 Å². The second-order valence-corrected chi connectivity index (χ2v) is 8.45. The van der Waals surface area contributed by atoms with Crippen LogP contribution in [0.25, 0.3) is 21.7 Å². The number of hydrogen-bond acceptors (Lipinski definition) is 4. The molecule has 0 saturated heterocycles. The van der Waals surface area contributed by atoms with Gasteiger partial charge in [0.1, 0.15) is 0 Å². The van der Waals surface area contributed by atoms with E-state index >= 15 is 0 Å². The minimum Gasteiger partial charge on any atom is -0.325 e. The average Bonchev–Trinajstić information content (AvgIpc) is 2.76. The van der Waals surface area contributed by atoms with E-state index in [1.54, 1.807) is 10.6 Å². The van der Waals surface area contributed by atoms with Gasteiger partial charge >= 0.3 is 0 Å². The summed E-state index contributed by atoms with van der Waals surface area (Å²) in [5.74, 6) is -0.123. The van der Waals surface area contributed by atoms with Gasteiger partial charge in [0.15, 0.2) is 5.16 Å². The van der Waals surface area contributed by atoms with Crippen LogP contribution in [-0.4, -0.2) is 20.7 Å². The maximum absolute atomic E-state index is 12.9. The highest BCUT2D eigenvalue weighted by Crippen LogP contribution is 2.26. The molecular weight excluding hydrogens is 394 g/mol. The zero-order valence-electron chi connectivity index (χ0n) is 17.0. The van der Waals surface area contributed by atoms with E-state index in [1.807, 2.05) is 74.5 Å². The number of benzene rings is 3. The Morgan fingerprint density at radius 2 is 1.73 bits per heavy atom. The smallest absolute Gasteiger partial charge is 0.262 e. The number of para-hydroxylation sites is 1. The number of hydrogen-bond donors (Lipinski definition) is 1.